The second-order valence-corrected chi connectivity index (χ2v) is 6.41. The molecule has 0 spiro atoms. The third-order valence-electron chi connectivity index (χ3n) is 4.17. The Hall–Kier alpha value is -3.51. The first-order valence-corrected chi connectivity index (χ1v) is 8.85. The number of carbonyl (C=O) groups excluding carboxylic acids is 2. The van der Waals surface area contributed by atoms with Crippen LogP contribution in [0.25, 0.3) is 0 Å². The molecule has 1 heterocycles. The minimum absolute atomic E-state index is 0.156. The first kappa shape index (κ1) is 17.9. The number of ether oxygens (including phenoxy) is 2. The van der Waals surface area contributed by atoms with Gasteiger partial charge in [-0.05, 0) is 36.4 Å². The molecular formula is C21H15ClN2O4. The van der Waals surface area contributed by atoms with E-state index in [1.165, 1.54) is 0 Å². The van der Waals surface area contributed by atoms with Gasteiger partial charge in [-0.15, -0.1) is 0 Å². The molecule has 0 bridgehead atoms. The second-order valence-electron chi connectivity index (χ2n) is 6.00. The molecule has 0 unspecified atom stereocenters. The maximum atomic E-state index is 12.8. The van der Waals surface area contributed by atoms with Crippen molar-refractivity contribution in [2.24, 2.45) is 0 Å². The first-order chi connectivity index (χ1) is 13.6. The smallest absolute Gasteiger partial charge is 0.257 e. The topological polar surface area (TPSA) is 76.7 Å². The van der Waals surface area contributed by atoms with Gasteiger partial charge in [0, 0.05) is 11.8 Å². The van der Waals surface area contributed by atoms with Crippen LogP contribution in [0.3, 0.4) is 0 Å². The molecule has 0 aromatic heterocycles. The molecule has 0 saturated carbocycles. The van der Waals surface area contributed by atoms with Crippen LogP contribution in [0.2, 0.25) is 5.02 Å². The Balaban J connectivity index is 1.55. The molecular weight excluding hydrogens is 380 g/mol. The molecule has 0 aliphatic carbocycles. The van der Waals surface area contributed by atoms with Crippen molar-refractivity contribution >= 4 is 34.8 Å². The summed E-state index contributed by atoms with van der Waals surface area (Å²) in [5, 5.41) is 5.88. The lowest BCUT2D eigenvalue weighted by Crippen LogP contribution is -2.18. The zero-order valence-corrected chi connectivity index (χ0v) is 15.3. The van der Waals surface area contributed by atoms with Crippen molar-refractivity contribution in [2.45, 2.75) is 0 Å². The lowest BCUT2D eigenvalue weighted by atomic mass is 10.1. The van der Waals surface area contributed by atoms with E-state index in [0.717, 1.165) is 0 Å². The number of benzene rings is 3. The highest BCUT2D eigenvalue weighted by Gasteiger charge is 2.18. The van der Waals surface area contributed by atoms with Gasteiger partial charge in [0.1, 0.15) is 0 Å². The van der Waals surface area contributed by atoms with Crippen molar-refractivity contribution in [1.29, 1.82) is 0 Å². The molecule has 3 aromatic carbocycles. The van der Waals surface area contributed by atoms with E-state index in [1.54, 1.807) is 66.7 Å². The van der Waals surface area contributed by atoms with Gasteiger partial charge in [-0.3, -0.25) is 9.59 Å². The predicted molar refractivity (Wildman–Crippen MR) is 106 cm³/mol. The van der Waals surface area contributed by atoms with Gasteiger partial charge in [0.15, 0.2) is 11.5 Å². The van der Waals surface area contributed by atoms with Crippen LogP contribution in [-0.4, -0.2) is 18.6 Å². The molecule has 0 fully saturated rings. The molecule has 3 aromatic rings. The second kappa shape index (κ2) is 7.62. The van der Waals surface area contributed by atoms with Crippen LogP contribution in [0.1, 0.15) is 20.7 Å². The molecule has 0 saturated heterocycles. The zero-order chi connectivity index (χ0) is 19.5. The van der Waals surface area contributed by atoms with Crippen LogP contribution in [0.4, 0.5) is 11.4 Å². The van der Waals surface area contributed by atoms with E-state index < -0.39 is 5.91 Å². The number of hydrogen-bond acceptors (Lipinski definition) is 4. The summed E-state index contributed by atoms with van der Waals surface area (Å²) >= 11 is 6.08. The average molecular weight is 395 g/mol. The fourth-order valence-corrected chi connectivity index (χ4v) is 3.02. The van der Waals surface area contributed by atoms with Crippen LogP contribution >= 0.6 is 11.6 Å². The van der Waals surface area contributed by atoms with E-state index in [4.69, 9.17) is 21.1 Å². The van der Waals surface area contributed by atoms with Gasteiger partial charge in [-0.25, -0.2) is 0 Å². The summed E-state index contributed by atoms with van der Waals surface area (Å²) in [6.07, 6.45) is 0. The van der Waals surface area contributed by atoms with Crippen molar-refractivity contribution < 1.29 is 19.1 Å². The zero-order valence-electron chi connectivity index (χ0n) is 14.6. The number of nitrogens with one attached hydrogen (secondary N) is 2. The van der Waals surface area contributed by atoms with Crippen molar-refractivity contribution in [3.63, 3.8) is 0 Å². The van der Waals surface area contributed by atoms with Crippen LogP contribution < -0.4 is 20.1 Å². The third-order valence-corrected chi connectivity index (χ3v) is 4.50. The maximum absolute atomic E-state index is 12.8. The number of fused-ring (bicyclic) bond motifs is 1. The summed E-state index contributed by atoms with van der Waals surface area (Å²) in [5.74, 6) is 0.436. The van der Waals surface area contributed by atoms with Gasteiger partial charge in [-0.2, -0.15) is 0 Å². The molecule has 140 valence electrons. The van der Waals surface area contributed by atoms with E-state index in [0.29, 0.717) is 39.0 Å². The molecule has 2 amide bonds. The summed E-state index contributed by atoms with van der Waals surface area (Å²) in [6, 6.07) is 18.6. The Morgan fingerprint density at radius 1 is 0.786 bits per heavy atom. The molecule has 6 nitrogen and oxygen atoms in total. The Bertz CT molecular complexity index is 1070. The molecule has 1 aliphatic rings. The van der Waals surface area contributed by atoms with Crippen LogP contribution in [0.15, 0.2) is 66.7 Å². The monoisotopic (exact) mass is 394 g/mol. The Labute approximate surface area is 166 Å². The summed E-state index contributed by atoms with van der Waals surface area (Å²) in [6.45, 7) is 0.156. The molecule has 4 rings (SSSR count). The average Bonchev–Trinajstić information content (AvgIpc) is 3.16. The quantitative estimate of drug-likeness (QED) is 0.679. The SMILES string of the molecule is O=C(Nc1ccccc1C(=O)Nc1ccc2c(c1)OCO2)c1ccccc1Cl. The van der Waals surface area contributed by atoms with Gasteiger partial charge < -0.3 is 20.1 Å². The maximum Gasteiger partial charge on any atom is 0.257 e. The summed E-state index contributed by atoms with van der Waals surface area (Å²) in [4.78, 5) is 25.3. The minimum Gasteiger partial charge on any atom is -0.454 e. The Morgan fingerprint density at radius 2 is 1.46 bits per heavy atom. The number of rotatable bonds is 4. The van der Waals surface area contributed by atoms with E-state index >= 15 is 0 Å². The number of halogens is 1. The lowest BCUT2D eigenvalue weighted by Gasteiger charge is -2.12. The fraction of sp³-hybridized carbons (Fsp3) is 0.0476. The van der Waals surface area contributed by atoms with Gasteiger partial charge in [-0.1, -0.05) is 35.9 Å². The highest BCUT2D eigenvalue weighted by Crippen LogP contribution is 2.34. The van der Waals surface area contributed by atoms with Gasteiger partial charge in [0.2, 0.25) is 6.79 Å². The van der Waals surface area contributed by atoms with Crippen molar-refractivity contribution in [1.82, 2.24) is 0 Å². The predicted octanol–water partition coefficient (Wildman–Crippen LogP) is 4.57. The highest BCUT2D eigenvalue weighted by atomic mass is 35.5. The number of amides is 2. The summed E-state index contributed by atoms with van der Waals surface area (Å²) < 4.78 is 10.6. The molecule has 1 aliphatic heterocycles. The third kappa shape index (κ3) is 3.63. The van der Waals surface area contributed by atoms with Crippen LogP contribution in [0, 0.1) is 0 Å². The minimum atomic E-state index is -0.395. The van der Waals surface area contributed by atoms with E-state index in [2.05, 4.69) is 10.6 Å². The fourth-order valence-electron chi connectivity index (χ4n) is 2.80. The van der Waals surface area contributed by atoms with Crippen molar-refractivity contribution in [2.75, 3.05) is 17.4 Å². The molecule has 2 N–H and O–H groups in total. The Morgan fingerprint density at radius 3 is 2.29 bits per heavy atom. The number of hydrogen-bond donors (Lipinski definition) is 2. The Kier molecular flexibility index (Phi) is 4.87. The lowest BCUT2D eigenvalue weighted by molar-refractivity contribution is 0.102. The van der Waals surface area contributed by atoms with Crippen LogP contribution in [0.5, 0.6) is 11.5 Å². The summed E-state index contributed by atoms with van der Waals surface area (Å²) in [5.41, 5.74) is 1.59. The van der Waals surface area contributed by atoms with Crippen molar-refractivity contribution in [3.05, 3.63) is 82.9 Å². The van der Waals surface area contributed by atoms with E-state index in [1.807, 2.05) is 0 Å². The largest absolute Gasteiger partial charge is 0.454 e. The molecule has 7 heteroatoms. The van der Waals surface area contributed by atoms with E-state index in [-0.39, 0.29) is 12.7 Å². The van der Waals surface area contributed by atoms with Crippen molar-refractivity contribution in [3.8, 4) is 11.5 Å². The van der Waals surface area contributed by atoms with Gasteiger partial charge >= 0.3 is 0 Å². The highest BCUT2D eigenvalue weighted by molar-refractivity contribution is 6.34. The number of carbonyl (C=O) groups is 2. The number of para-hydroxylation sites is 1. The molecule has 0 atom stereocenters. The normalized spacial score (nSPS) is 11.8. The van der Waals surface area contributed by atoms with Gasteiger partial charge in [0.05, 0.1) is 21.8 Å². The molecule has 0 radical (unpaired) electrons. The summed E-state index contributed by atoms with van der Waals surface area (Å²) in [7, 11) is 0. The van der Waals surface area contributed by atoms with E-state index in [9.17, 15) is 9.59 Å². The van der Waals surface area contributed by atoms with Gasteiger partial charge in [0.25, 0.3) is 11.8 Å². The molecule has 28 heavy (non-hydrogen) atoms. The first-order valence-electron chi connectivity index (χ1n) is 8.48. The standard InChI is InChI=1S/C21H15ClN2O4/c22-16-7-3-1-5-14(16)20(25)24-17-8-4-2-6-15(17)21(26)23-13-9-10-18-19(11-13)28-12-27-18/h1-11H,12H2,(H,23,26)(H,24,25). The van der Waals surface area contributed by atoms with Crippen LogP contribution in [-0.2, 0) is 0 Å². The number of anilines is 2.